The normalized spacial score (nSPS) is 16.0. The molecule has 0 aromatic carbocycles. The molecule has 1 aliphatic carbocycles. The zero-order valence-corrected chi connectivity index (χ0v) is 13.3. The van der Waals surface area contributed by atoms with Crippen LogP contribution in [0.5, 0.6) is 0 Å². The Morgan fingerprint density at radius 3 is 2.92 bits per heavy atom. The third-order valence-corrected chi connectivity index (χ3v) is 4.89. The van der Waals surface area contributed by atoms with Gasteiger partial charge in [0, 0.05) is 23.9 Å². The summed E-state index contributed by atoms with van der Waals surface area (Å²) in [5.74, 6) is 1.70. The second kappa shape index (κ2) is 4.77. The van der Waals surface area contributed by atoms with Gasteiger partial charge in [-0.25, -0.2) is 19.5 Å². The molecule has 4 heterocycles. The molecular weight excluding hydrogens is 302 g/mol. The number of nitrogens with two attached hydrogens (primary N) is 1. The molecule has 1 aliphatic rings. The standard InChI is InChI=1S/C17H17N7/c1-10(11-2-3-11)13-8-23-7-12(4-5-15(23)22-13)14-6-19-17-16(18)20-9-21-24(14)17/h4-11H,2-3H2,1H3,(H2,18,20,21). The Kier molecular flexibility index (Phi) is 2.68. The van der Waals surface area contributed by atoms with Gasteiger partial charge in [-0.1, -0.05) is 6.92 Å². The quantitative estimate of drug-likeness (QED) is 0.627. The van der Waals surface area contributed by atoms with Gasteiger partial charge in [-0.2, -0.15) is 5.10 Å². The van der Waals surface area contributed by atoms with Crippen molar-refractivity contribution in [1.82, 2.24) is 29.0 Å². The third-order valence-electron chi connectivity index (χ3n) is 4.89. The molecule has 1 saturated carbocycles. The monoisotopic (exact) mass is 319 g/mol. The highest BCUT2D eigenvalue weighted by atomic mass is 15.3. The summed E-state index contributed by atoms with van der Waals surface area (Å²) in [5, 5.41) is 4.26. The summed E-state index contributed by atoms with van der Waals surface area (Å²) in [6, 6.07) is 4.07. The highest BCUT2D eigenvalue weighted by molar-refractivity contribution is 5.68. The molecule has 2 N–H and O–H groups in total. The zero-order valence-electron chi connectivity index (χ0n) is 13.3. The first-order valence-corrected chi connectivity index (χ1v) is 8.14. The highest BCUT2D eigenvalue weighted by Crippen LogP contribution is 2.41. The van der Waals surface area contributed by atoms with E-state index in [0.717, 1.165) is 22.8 Å². The minimum Gasteiger partial charge on any atom is -0.381 e. The van der Waals surface area contributed by atoms with Crippen LogP contribution in [0.4, 0.5) is 5.82 Å². The van der Waals surface area contributed by atoms with Crippen LogP contribution in [-0.4, -0.2) is 29.0 Å². The van der Waals surface area contributed by atoms with E-state index in [4.69, 9.17) is 10.7 Å². The van der Waals surface area contributed by atoms with E-state index in [9.17, 15) is 0 Å². The summed E-state index contributed by atoms with van der Waals surface area (Å²) in [6.45, 7) is 2.27. The predicted octanol–water partition coefficient (Wildman–Crippen LogP) is 2.53. The number of aromatic nitrogens is 6. The van der Waals surface area contributed by atoms with Gasteiger partial charge in [0.15, 0.2) is 11.5 Å². The van der Waals surface area contributed by atoms with Gasteiger partial charge < -0.3 is 10.1 Å². The first kappa shape index (κ1) is 13.5. The third kappa shape index (κ3) is 1.97. The fourth-order valence-corrected chi connectivity index (χ4v) is 3.25. The van der Waals surface area contributed by atoms with Gasteiger partial charge in [-0.05, 0) is 30.9 Å². The minimum atomic E-state index is 0.375. The summed E-state index contributed by atoms with van der Waals surface area (Å²) in [6.07, 6.45) is 10.1. The number of imidazole rings is 2. The molecule has 7 heteroatoms. The maximum absolute atomic E-state index is 5.86. The van der Waals surface area contributed by atoms with Gasteiger partial charge in [0.2, 0.25) is 0 Å². The molecule has 1 unspecified atom stereocenters. The molecule has 5 rings (SSSR count). The molecule has 0 spiro atoms. The molecule has 1 fully saturated rings. The van der Waals surface area contributed by atoms with Crippen LogP contribution in [0.25, 0.3) is 22.6 Å². The Morgan fingerprint density at radius 2 is 2.08 bits per heavy atom. The summed E-state index contributed by atoms with van der Waals surface area (Å²) < 4.78 is 3.79. The van der Waals surface area contributed by atoms with Crippen LogP contribution in [0.3, 0.4) is 0 Å². The number of rotatable bonds is 3. The lowest BCUT2D eigenvalue weighted by molar-refractivity contribution is 0.648. The number of anilines is 1. The van der Waals surface area contributed by atoms with E-state index in [1.807, 2.05) is 12.1 Å². The first-order valence-electron chi connectivity index (χ1n) is 8.14. The molecular formula is C17H17N7. The van der Waals surface area contributed by atoms with Crippen LogP contribution in [-0.2, 0) is 0 Å². The van der Waals surface area contributed by atoms with Crippen molar-refractivity contribution in [1.29, 1.82) is 0 Å². The molecule has 120 valence electrons. The molecule has 0 saturated heterocycles. The number of hydrogen-bond donors (Lipinski definition) is 1. The van der Waals surface area contributed by atoms with Gasteiger partial charge in [-0.3, -0.25) is 0 Å². The number of nitrogen functional groups attached to an aromatic ring is 1. The van der Waals surface area contributed by atoms with E-state index in [1.54, 1.807) is 10.7 Å². The van der Waals surface area contributed by atoms with Crippen molar-refractivity contribution in [2.75, 3.05) is 5.73 Å². The smallest absolute Gasteiger partial charge is 0.197 e. The van der Waals surface area contributed by atoms with Crippen molar-refractivity contribution >= 4 is 17.1 Å². The molecule has 4 aromatic heterocycles. The largest absolute Gasteiger partial charge is 0.381 e. The SMILES string of the molecule is CC(c1cn2cc(-c3cnc4c(N)ncnn34)ccc2n1)C1CC1. The Hall–Kier alpha value is -2.96. The topological polar surface area (TPSA) is 86.4 Å². The van der Waals surface area contributed by atoms with Gasteiger partial charge in [0.05, 0.1) is 17.6 Å². The van der Waals surface area contributed by atoms with Crippen molar-refractivity contribution < 1.29 is 0 Å². The highest BCUT2D eigenvalue weighted by Gasteiger charge is 2.30. The van der Waals surface area contributed by atoms with Crippen LogP contribution >= 0.6 is 0 Å². The molecule has 0 bridgehead atoms. The van der Waals surface area contributed by atoms with Gasteiger partial charge >= 0.3 is 0 Å². The van der Waals surface area contributed by atoms with E-state index in [0.29, 0.717) is 17.4 Å². The summed E-state index contributed by atoms with van der Waals surface area (Å²) in [7, 11) is 0. The second-order valence-corrected chi connectivity index (χ2v) is 6.50. The second-order valence-electron chi connectivity index (χ2n) is 6.50. The minimum absolute atomic E-state index is 0.375. The lowest BCUT2D eigenvalue weighted by atomic mass is 10.0. The predicted molar refractivity (Wildman–Crippen MR) is 90.5 cm³/mol. The molecule has 1 atom stereocenters. The van der Waals surface area contributed by atoms with Crippen molar-refractivity contribution in [3.05, 3.63) is 42.7 Å². The maximum atomic E-state index is 5.86. The summed E-state index contributed by atoms with van der Waals surface area (Å²) in [5.41, 5.74) is 10.4. The van der Waals surface area contributed by atoms with Gasteiger partial charge in [0.1, 0.15) is 12.0 Å². The first-order chi connectivity index (χ1) is 11.7. The Labute approximate surface area is 138 Å². The molecule has 0 amide bonds. The lowest BCUT2D eigenvalue weighted by Gasteiger charge is -2.03. The average molecular weight is 319 g/mol. The van der Waals surface area contributed by atoms with Crippen LogP contribution in [0.15, 0.2) is 37.1 Å². The number of fused-ring (bicyclic) bond motifs is 2. The van der Waals surface area contributed by atoms with Crippen LogP contribution < -0.4 is 5.73 Å². The van der Waals surface area contributed by atoms with Gasteiger partial charge in [0.25, 0.3) is 0 Å². The molecule has 4 aromatic rings. The number of nitrogens with zero attached hydrogens (tertiary/aromatic N) is 6. The maximum Gasteiger partial charge on any atom is 0.197 e. The van der Waals surface area contributed by atoms with Crippen molar-refractivity contribution in [3.63, 3.8) is 0 Å². The molecule has 0 radical (unpaired) electrons. The number of pyridine rings is 1. The van der Waals surface area contributed by atoms with E-state index in [2.05, 4.69) is 38.8 Å². The zero-order chi connectivity index (χ0) is 16.3. The van der Waals surface area contributed by atoms with Crippen molar-refractivity contribution in [2.24, 2.45) is 5.92 Å². The fourth-order valence-electron chi connectivity index (χ4n) is 3.25. The van der Waals surface area contributed by atoms with E-state index in [-0.39, 0.29) is 0 Å². The van der Waals surface area contributed by atoms with Crippen LogP contribution in [0, 0.1) is 5.92 Å². The van der Waals surface area contributed by atoms with Crippen molar-refractivity contribution in [3.8, 4) is 11.3 Å². The Balaban J connectivity index is 1.62. The van der Waals surface area contributed by atoms with E-state index < -0.39 is 0 Å². The lowest BCUT2D eigenvalue weighted by Crippen LogP contribution is -2.00. The Morgan fingerprint density at radius 1 is 1.21 bits per heavy atom. The van der Waals surface area contributed by atoms with Crippen molar-refractivity contribution in [2.45, 2.75) is 25.7 Å². The fraction of sp³-hybridized carbons (Fsp3) is 0.294. The summed E-state index contributed by atoms with van der Waals surface area (Å²) >= 11 is 0. The Bertz CT molecular complexity index is 1060. The summed E-state index contributed by atoms with van der Waals surface area (Å²) in [4.78, 5) is 13.1. The number of hydrogen-bond acceptors (Lipinski definition) is 5. The van der Waals surface area contributed by atoms with Crippen LogP contribution in [0.2, 0.25) is 0 Å². The average Bonchev–Trinajstić information content (AvgIpc) is 3.20. The molecule has 7 nitrogen and oxygen atoms in total. The van der Waals surface area contributed by atoms with E-state index in [1.165, 1.54) is 24.9 Å². The van der Waals surface area contributed by atoms with Crippen LogP contribution in [0.1, 0.15) is 31.4 Å². The molecule has 0 aliphatic heterocycles. The molecule has 24 heavy (non-hydrogen) atoms. The van der Waals surface area contributed by atoms with E-state index >= 15 is 0 Å². The van der Waals surface area contributed by atoms with Gasteiger partial charge in [-0.15, -0.1) is 0 Å².